The van der Waals surface area contributed by atoms with Crippen molar-refractivity contribution >= 4 is 11.7 Å². The highest BCUT2D eigenvalue weighted by molar-refractivity contribution is 5.97. The number of carbonyl (C=O) groups is 1. The van der Waals surface area contributed by atoms with Crippen LogP contribution in [0.1, 0.15) is 46.8 Å². The van der Waals surface area contributed by atoms with Crippen molar-refractivity contribution in [3.63, 3.8) is 0 Å². The number of ether oxygens (including phenoxy) is 1. The Kier molecular flexibility index (Phi) is 4.04. The highest BCUT2D eigenvalue weighted by atomic mass is 19.1. The first-order valence-corrected chi connectivity index (χ1v) is 8.67. The summed E-state index contributed by atoms with van der Waals surface area (Å²) >= 11 is 0. The SMILES string of the molecule is CCOC(=O)c1cccc2c1N[C@H](c1ccc(F)cc1)[C@@H]1CC=C[C@@H]21. The monoisotopic (exact) mass is 337 g/mol. The zero-order valence-electron chi connectivity index (χ0n) is 14.0. The molecule has 25 heavy (non-hydrogen) atoms. The third-order valence-electron chi connectivity index (χ3n) is 5.12. The highest BCUT2D eigenvalue weighted by Crippen LogP contribution is 2.50. The fourth-order valence-corrected chi connectivity index (χ4v) is 4.00. The molecule has 1 aliphatic carbocycles. The lowest BCUT2D eigenvalue weighted by atomic mass is 9.76. The maximum atomic E-state index is 13.3. The number of fused-ring (bicyclic) bond motifs is 3. The van der Waals surface area contributed by atoms with E-state index in [2.05, 4.69) is 23.5 Å². The molecule has 0 fully saturated rings. The molecule has 0 saturated carbocycles. The van der Waals surface area contributed by atoms with Crippen LogP contribution in [0.25, 0.3) is 0 Å². The molecule has 4 rings (SSSR count). The van der Waals surface area contributed by atoms with Gasteiger partial charge in [0.25, 0.3) is 0 Å². The molecule has 0 aromatic heterocycles. The summed E-state index contributed by atoms with van der Waals surface area (Å²) in [6.45, 7) is 2.15. The van der Waals surface area contributed by atoms with Crippen molar-refractivity contribution in [1.29, 1.82) is 0 Å². The molecule has 2 aromatic carbocycles. The first-order valence-electron chi connectivity index (χ1n) is 8.67. The van der Waals surface area contributed by atoms with Gasteiger partial charge in [-0.15, -0.1) is 0 Å². The van der Waals surface area contributed by atoms with E-state index in [0.29, 0.717) is 18.1 Å². The summed E-state index contributed by atoms with van der Waals surface area (Å²) in [5, 5.41) is 3.55. The predicted octanol–water partition coefficient (Wildman–Crippen LogP) is 4.83. The third-order valence-corrected chi connectivity index (χ3v) is 5.12. The summed E-state index contributed by atoms with van der Waals surface area (Å²) in [6.07, 6.45) is 5.37. The van der Waals surface area contributed by atoms with Crippen LogP contribution in [0.3, 0.4) is 0 Å². The molecule has 0 bridgehead atoms. The van der Waals surface area contributed by atoms with Crippen LogP contribution in [0.4, 0.5) is 10.1 Å². The van der Waals surface area contributed by atoms with Crippen LogP contribution in [0.5, 0.6) is 0 Å². The highest BCUT2D eigenvalue weighted by Gasteiger charge is 2.39. The van der Waals surface area contributed by atoms with E-state index in [1.54, 1.807) is 13.0 Å². The minimum absolute atomic E-state index is 0.0312. The summed E-state index contributed by atoms with van der Waals surface area (Å²) in [6, 6.07) is 12.4. The lowest BCUT2D eigenvalue weighted by Crippen LogP contribution is -2.30. The Morgan fingerprint density at radius 3 is 2.80 bits per heavy atom. The zero-order chi connectivity index (χ0) is 17.4. The number of rotatable bonds is 3. The van der Waals surface area contributed by atoms with Crippen molar-refractivity contribution in [2.24, 2.45) is 5.92 Å². The Morgan fingerprint density at radius 1 is 1.24 bits per heavy atom. The second-order valence-electron chi connectivity index (χ2n) is 6.52. The maximum Gasteiger partial charge on any atom is 0.340 e. The molecule has 1 heterocycles. The molecule has 4 heteroatoms. The van der Waals surface area contributed by atoms with E-state index < -0.39 is 0 Å². The van der Waals surface area contributed by atoms with Crippen LogP contribution in [-0.2, 0) is 4.74 Å². The molecule has 3 atom stereocenters. The van der Waals surface area contributed by atoms with Gasteiger partial charge in [-0.05, 0) is 48.6 Å². The smallest absolute Gasteiger partial charge is 0.340 e. The molecule has 0 saturated heterocycles. The summed E-state index contributed by atoms with van der Waals surface area (Å²) in [7, 11) is 0. The number of carbonyl (C=O) groups excluding carboxylic acids is 1. The number of allylic oxidation sites excluding steroid dienone is 2. The van der Waals surface area contributed by atoms with Gasteiger partial charge in [-0.25, -0.2) is 9.18 Å². The zero-order valence-corrected chi connectivity index (χ0v) is 14.0. The van der Waals surface area contributed by atoms with Crippen molar-refractivity contribution in [1.82, 2.24) is 0 Å². The Balaban J connectivity index is 1.79. The van der Waals surface area contributed by atoms with Gasteiger partial charge in [-0.3, -0.25) is 0 Å². The molecule has 2 aromatic rings. The van der Waals surface area contributed by atoms with Gasteiger partial charge in [-0.1, -0.05) is 36.4 Å². The van der Waals surface area contributed by atoms with Crippen LogP contribution < -0.4 is 5.32 Å². The van der Waals surface area contributed by atoms with Gasteiger partial charge < -0.3 is 10.1 Å². The van der Waals surface area contributed by atoms with E-state index in [1.807, 2.05) is 18.2 Å². The molecular formula is C21H20FNO2. The molecule has 1 aliphatic heterocycles. The molecule has 0 amide bonds. The fraction of sp³-hybridized carbons (Fsp3) is 0.286. The van der Waals surface area contributed by atoms with Crippen LogP contribution in [0.2, 0.25) is 0 Å². The van der Waals surface area contributed by atoms with Gasteiger partial charge in [-0.2, -0.15) is 0 Å². The van der Waals surface area contributed by atoms with Gasteiger partial charge in [0.15, 0.2) is 0 Å². The van der Waals surface area contributed by atoms with Crippen molar-refractivity contribution < 1.29 is 13.9 Å². The quantitative estimate of drug-likeness (QED) is 0.644. The standard InChI is InChI=1S/C21H20FNO2/c1-2-25-21(24)18-8-4-7-17-15-5-3-6-16(15)19(23-20(17)18)13-9-11-14(22)12-10-13/h3-5,7-12,15-16,19,23H,2,6H2,1H3/t15-,16-,19-/m1/s1. The Bertz CT molecular complexity index is 828. The predicted molar refractivity (Wildman–Crippen MR) is 95.2 cm³/mol. The molecular weight excluding hydrogens is 317 g/mol. The molecule has 0 spiro atoms. The minimum atomic E-state index is -0.315. The first-order chi connectivity index (χ1) is 12.2. The van der Waals surface area contributed by atoms with Gasteiger partial charge in [0.1, 0.15) is 5.82 Å². The van der Waals surface area contributed by atoms with Crippen molar-refractivity contribution in [2.45, 2.75) is 25.3 Å². The molecule has 0 radical (unpaired) electrons. The molecule has 128 valence electrons. The Labute approximate surface area is 146 Å². The summed E-state index contributed by atoms with van der Waals surface area (Å²) in [5.74, 6) is 0.0505. The van der Waals surface area contributed by atoms with Crippen molar-refractivity contribution in [3.05, 3.63) is 77.1 Å². The maximum absolute atomic E-state index is 13.3. The van der Waals surface area contributed by atoms with E-state index in [1.165, 1.54) is 12.1 Å². The van der Waals surface area contributed by atoms with Crippen LogP contribution >= 0.6 is 0 Å². The van der Waals surface area contributed by atoms with E-state index in [4.69, 9.17) is 4.74 Å². The third kappa shape index (κ3) is 2.72. The Morgan fingerprint density at radius 2 is 2.04 bits per heavy atom. The lowest BCUT2D eigenvalue weighted by Gasteiger charge is -2.38. The molecule has 1 N–H and O–H groups in total. The number of benzene rings is 2. The number of esters is 1. The van der Waals surface area contributed by atoms with Crippen LogP contribution in [0.15, 0.2) is 54.6 Å². The average molecular weight is 337 g/mol. The largest absolute Gasteiger partial charge is 0.462 e. The number of nitrogens with one attached hydrogen (secondary N) is 1. The van der Waals surface area contributed by atoms with Gasteiger partial charge >= 0.3 is 5.97 Å². The second-order valence-corrected chi connectivity index (χ2v) is 6.52. The van der Waals surface area contributed by atoms with Gasteiger partial charge in [0.05, 0.1) is 23.9 Å². The normalized spacial score (nSPS) is 23.5. The number of hydrogen-bond acceptors (Lipinski definition) is 3. The number of anilines is 1. The molecule has 0 unspecified atom stereocenters. The fourth-order valence-electron chi connectivity index (χ4n) is 4.00. The van der Waals surface area contributed by atoms with Crippen LogP contribution in [0, 0.1) is 11.7 Å². The van der Waals surface area contributed by atoms with E-state index in [9.17, 15) is 9.18 Å². The van der Waals surface area contributed by atoms with Crippen molar-refractivity contribution in [2.75, 3.05) is 11.9 Å². The Hall–Kier alpha value is -2.62. The number of halogens is 1. The van der Waals surface area contributed by atoms with E-state index in [0.717, 1.165) is 23.2 Å². The van der Waals surface area contributed by atoms with E-state index in [-0.39, 0.29) is 23.7 Å². The number of hydrogen-bond donors (Lipinski definition) is 1. The lowest BCUT2D eigenvalue weighted by molar-refractivity contribution is 0.0527. The van der Waals surface area contributed by atoms with Gasteiger partial charge in [0.2, 0.25) is 0 Å². The number of para-hydroxylation sites is 1. The second kappa shape index (κ2) is 6.36. The van der Waals surface area contributed by atoms with Crippen LogP contribution in [-0.4, -0.2) is 12.6 Å². The molecule has 3 nitrogen and oxygen atoms in total. The minimum Gasteiger partial charge on any atom is -0.462 e. The molecule has 2 aliphatic rings. The summed E-state index contributed by atoms with van der Waals surface area (Å²) in [5.41, 5.74) is 3.56. The summed E-state index contributed by atoms with van der Waals surface area (Å²) < 4.78 is 18.5. The first kappa shape index (κ1) is 15.9. The average Bonchev–Trinajstić information content (AvgIpc) is 3.11. The van der Waals surface area contributed by atoms with Gasteiger partial charge in [0, 0.05) is 5.92 Å². The van der Waals surface area contributed by atoms with Crippen molar-refractivity contribution in [3.8, 4) is 0 Å². The topological polar surface area (TPSA) is 38.3 Å². The van der Waals surface area contributed by atoms with E-state index >= 15 is 0 Å². The summed E-state index contributed by atoms with van der Waals surface area (Å²) in [4.78, 5) is 12.4.